The van der Waals surface area contributed by atoms with Crippen molar-refractivity contribution < 1.29 is 14.4 Å². The molecule has 2 fully saturated rings. The third kappa shape index (κ3) is 4.45. The summed E-state index contributed by atoms with van der Waals surface area (Å²) in [5.41, 5.74) is 0. The summed E-state index contributed by atoms with van der Waals surface area (Å²) in [6, 6.07) is 0.745. The first kappa shape index (κ1) is 16.3. The van der Waals surface area contributed by atoms with Crippen LogP contribution < -0.4 is 4.90 Å². The largest absolute Gasteiger partial charge is 0.464 e. The van der Waals surface area contributed by atoms with Crippen LogP contribution in [0.15, 0.2) is 0 Å². The van der Waals surface area contributed by atoms with Gasteiger partial charge in [-0.2, -0.15) is 0 Å². The Bertz CT molecular complexity index is 309. The summed E-state index contributed by atoms with van der Waals surface area (Å²) >= 11 is 3.46. The van der Waals surface area contributed by atoms with Gasteiger partial charge in [0.15, 0.2) is 0 Å². The Kier molecular flexibility index (Phi) is 6.82. The third-order valence-corrected chi connectivity index (χ3v) is 5.77. The Morgan fingerprint density at radius 1 is 1.30 bits per heavy atom. The molecule has 0 spiro atoms. The maximum absolute atomic E-state index is 12.0. The van der Waals surface area contributed by atoms with Gasteiger partial charge in [-0.1, -0.05) is 35.7 Å². The van der Waals surface area contributed by atoms with Crippen molar-refractivity contribution in [2.45, 2.75) is 69.2 Å². The van der Waals surface area contributed by atoms with Gasteiger partial charge in [-0.25, -0.2) is 0 Å². The summed E-state index contributed by atoms with van der Waals surface area (Å²) in [6.45, 7) is 5.44. The van der Waals surface area contributed by atoms with Gasteiger partial charge in [0.2, 0.25) is 0 Å². The number of unbranched alkanes of at least 4 members (excludes halogenated alkanes) is 1. The highest BCUT2D eigenvalue weighted by Gasteiger charge is 2.37. The monoisotopic (exact) mass is 346 g/mol. The van der Waals surface area contributed by atoms with Crippen LogP contribution in [0.2, 0.25) is 0 Å². The van der Waals surface area contributed by atoms with Crippen molar-refractivity contribution in [1.82, 2.24) is 0 Å². The van der Waals surface area contributed by atoms with Crippen LogP contribution in [0.3, 0.4) is 0 Å². The van der Waals surface area contributed by atoms with Gasteiger partial charge >= 0.3 is 5.97 Å². The average molecular weight is 347 g/mol. The van der Waals surface area contributed by atoms with Crippen LogP contribution in [0.25, 0.3) is 0 Å². The molecule has 2 rings (SSSR count). The van der Waals surface area contributed by atoms with Gasteiger partial charge < -0.3 is 9.64 Å². The Balaban J connectivity index is 1.76. The first-order valence-corrected chi connectivity index (χ1v) is 9.29. The summed E-state index contributed by atoms with van der Waals surface area (Å²) < 4.78 is 5.59. The number of rotatable bonds is 6. The van der Waals surface area contributed by atoms with E-state index < -0.39 is 0 Å². The van der Waals surface area contributed by atoms with E-state index in [1.165, 1.54) is 45.2 Å². The van der Waals surface area contributed by atoms with Crippen molar-refractivity contribution in [3.8, 4) is 0 Å². The van der Waals surface area contributed by atoms with Crippen LogP contribution in [0, 0.1) is 5.92 Å². The maximum atomic E-state index is 12.0. The smallest absolute Gasteiger partial charge is 0.319 e. The Morgan fingerprint density at radius 3 is 2.90 bits per heavy atom. The summed E-state index contributed by atoms with van der Waals surface area (Å²) in [6.07, 6.45) is 9.68. The van der Waals surface area contributed by atoms with Crippen LogP contribution in [-0.2, 0) is 9.53 Å². The Labute approximate surface area is 131 Å². The Hall–Kier alpha value is -0.0900. The van der Waals surface area contributed by atoms with Gasteiger partial charge in [0.25, 0.3) is 0 Å². The Morgan fingerprint density at radius 2 is 2.10 bits per heavy atom. The zero-order valence-corrected chi connectivity index (χ0v) is 14.3. The van der Waals surface area contributed by atoms with Crippen LogP contribution in [0.5, 0.6) is 0 Å². The van der Waals surface area contributed by atoms with Crippen molar-refractivity contribution in [3.05, 3.63) is 0 Å². The molecule has 20 heavy (non-hydrogen) atoms. The number of hydrogen-bond donors (Lipinski definition) is 1. The molecule has 2 heterocycles. The van der Waals surface area contributed by atoms with E-state index >= 15 is 0 Å². The van der Waals surface area contributed by atoms with Gasteiger partial charge in [0.05, 0.1) is 25.7 Å². The summed E-state index contributed by atoms with van der Waals surface area (Å²) in [4.78, 5) is 13.6. The quantitative estimate of drug-likeness (QED) is 0.591. The van der Waals surface area contributed by atoms with Gasteiger partial charge in [-0.05, 0) is 38.5 Å². The molecule has 2 saturated heterocycles. The molecule has 0 aromatic heterocycles. The van der Waals surface area contributed by atoms with Crippen LogP contribution in [0.1, 0.15) is 58.3 Å². The lowest BCUT2D eigenvalue weighted by Crippen LogP contribution is -3.18. The van der Waals surface area contributed by atoms with Gasteiger partial charge in [0.1, 0.15) is 4.83 Å². The minimum absolute atomic E-state index is 0.0543. The third-order valence-electron chi connectivity index (χ3n) is 4.94. The second-order valence-corrected chi connectivity index (χ2v) is 7.51. The fourth-order valence-corrected chi connectivity index (χ4v) is 4.21. The van der Waals surface area contributed by atoms with E-state index in [1.807, 2.05) is 0 Å². The average Bonchev–Trinajstić information content (AvgIpc) is 2.50. The van der Waals surface area contributed by atoms with Gasteiger partial charge in [-0.15, -0.1) is 0 Å². The number of alkyl halides is 1. The van der Waals surface area contributed by atoms with Crippen LogP contribution in [-0.4, -0.2) is 36.5 Å². The molecular weight excluding hydrogens is 318 g/mol. The van der Waals surface area contributed by atoms with Crippen molar-refractivity contribution in [1.29, 1.82) is 0 Å². The number of carbonyl (C=O) groups is 1. The molecule has 1 unspecified atom stereocenters. The van der Waals surface area contributed by atoms with Gasteiger partial charge in [0, 0.05) is 5.92 Å². The highest BCUT2D eigenvalue weighted by atomic mass is 79.9. The summed E-state index contributed by atoms with van der Waals surface area (Å²) in [5.74, 6) is 0.537. The molecule has 1 N–H and O–H groups in total. The molecule has 116 valence electrons. The zero-order chi connectivity index (χ0) is 14.4. The zero-order valence-electron chi connectivity index (χ0n) is 12.7. The number of nitrogens with one attached hydrogen (secondary N) is 1. The van der Waals surface area contributed by atoms with E-state index in [1.54, 1.807) is 4.90 Å². The second kappa shape index (κ2) is 8.38. The minimum atomic E-state index is -0.110. The van der Waals surface area contributed by atoms with Crippen molar-refractivity contribution in [2.75, 3.05) is 19.7 Å². The lowest BCUT2D eigenvalue weighted by atomic mass is 9.84. The normalized spacial score (nSPS) is 31.4. The molecular formula is C16H29BrNO2+. The molecule has 0 aromatic carbocycles. The topological polar surface area (TPSA) is 30.7 Å². The molecule has 0 amide bonds. The number of fused-ring (bicyclic) bond motifs is 1. The molecule has 0 radical (unpaired) electrons. The molecule has 0 aliphatic carbocycles. The summed E-state index contributed by atoms with van der Waals surface area (Å²) in [5, 5.41) is 0. The SMILES string of the molecule is CCCC[C@H](Br)C(=O)OC[C@H]1CCC[NH+]2CCCC[C@H]12. The molecule has 4 atom stereocenters. The van der Waals surface area contributed by atoms with Crippen molar-refractivity contribution in [3.63, 3.8) is 0 Å². The predicted octanol–water partition coefficient (Wildman–Crippen LogP) is 2.33. The lowest BCUT2D eigenvalue weighted by molar-refractivity contribution is -0.940. The fraction of sp³-hybridized carbons (Fsp3) is 0.938. The number of halogens is 1. The molecule has 2 aliphatic heterocycles. The first-order chi connectivity index (χ1) is 9.72. The van der Waals surface area contributed by atoms with E-state index in [2.05, 4.69) is 22.9 Å². The second-order valence-electron chi connectivity index (χ2n) is 6.40. The minimum Gasteiger partial charge on any atom is -0.464 e. The molecule has 4 heteroatoms. The number of esters is 1. The van der Waals surface area contributed by atoms with Crippen LogP contribution >= 0.6 is 15.9 Å². The van der Waals surface area contributed by atoms with Crippen LogP contribution in [0.4, 0.5) is 0 Å². The highest BCUT2D eigenvalue weighted by molar-refractivity contribution is 9.10. The van der Waals surface area contributed by atoms with Crippen molar-refractivity contribution >= 4 is 21.9 Å². The molecule has 3 nitrogen and oxygen atoms in total. The number of carbonyl (C=O) groups excluding carboxylic acids is 1. The molecule has 0 aromatic rings. The predicted molar refractivity (Wildman–Crippen MR) is 84.3 cm³/mol. The summed E-state index contributed by atoms with van der Waals surface area (Å²) in [7, 11) is 0. The van der Waals surface area contributed by atoms with E-state index in [0.717, 1.165) is 25.3 Å². The van der Waals surface area contributed by atoms with E-state index in [9.17, 15) is 4.79 Å². The number of quaternary nitrogens is 1. The lowest BCUT2D eigenvalue weighted by Gasteiger charge is -2.41. The van der Waals surface area contributed by atoms with E-state index in [-0.39, 0.29) is 10.8 Å². The first-order valence-electron chi connectivity index (χ1n) is 8.37. The van der Waals surface area contributed by atoms with E-state index in [0.29, 0.717) is 12.5 Å². The standard InChI is InChI=1S/C16H28BrNO2/c1-2-3-8-14(17)16(19)20-12-13-7-6-11-18-10-5-4-9-15(13)18/h13-15H,2-12H2,1H3/p+1/t13-,14+,15-/m1/s1. The fourth-order valence-electron chi connectivity index (χ4n) is 3.76. The molecule has 0 saturated carbocycles. The molecule has 0 bridgehead atoms. The number of hydrogen-bond acceptors (Lipinski definition) is 2. The van der Waals surface area contributed by atoms with E-state index in [4.69, 9.17) is 4.74 Å². The number of piperidine rings is 2. The number of ether oxygens (including phenoxy) is 1. The maximum Gasteiger partial charge on any atom is 0.319 e. The van der Waals surface area contributed by atoms with Crippen molar-refractivity contribution in [2.24, 2.45) is 5.92 Å². The molecule has 2 aliphatic rings. The van der Waals surface area contributed by atoms with Gasteiger partial charge in [-0.3, -0.25) is 4.79 Å². The highest BCUT2D eigenvalue weighted by Crippen LogP contribution is 2.21.